The minimum Gasteiger partial charge on any atom is -0.444 e. The van der Waals surface area contributed by atoms with Gasteiger partial charge in [-0.2, -0.15) is 15.0 Å². The standard InChI is InChI=1S/C9H11ClN6O/c1-4-3-12-6(17-4)5(2)13-9-15-7(10)14-8(11)16-9/h3,5H,1-2H3,(H3,11,13,14,15,16). The van der Waals surface area contributed by atoms with Gasteiger partial charge in [0.1, 0.15) is 11.8 Å². The van der Waals surface area contributed by atoms with Gasteiger partial charge < -0.3 is 15.5 Å². The van der Waals surface area contributed by atoms with Crippen molar-refractivity contribution in [1.29, 1.82) is 0 Å². The Labute approximate surface area is 102 Å². The fourth-order valence-electron chi connectivity index (χ4n) is 1.26. The Bertz CT molecular complexity index is 508. The summed E-state index contributed by atoms with van der Waals surface area (Å²) in [5, 5.41) is 3.01. The monoisotopic (exact) mass is 254 g/mol. The van der Waals surface area contributed by atoms with Crippen LogP contribution in [0.4, 0.5) is 11.9 Å². The van der Waals surface area contributed by atoms with Crippen LogP contribution in [0.15, 0.2) is 10.6 Å². The highest BCUT2D eigenvalue weighted by Crippen LogP contribution is 2.17. The Balaban J connectivity index is 2.15. The molecule has 0 bridgehead atoms. The van der Waals surface area contributed by atoms with E-state index < -0.39 is 0 Å². The van der Waals surface area contributed by atoms with Crippen molar-refractivity contribution in [1.82, 2.24) is 19.9 Å². The first kappa shape index (κ1) is 11.6. The summed E-state index contributed by atoms with van der Waals surface area (Å²) in [6.07, 6.45) is 1.64. The molecule has 0 amide bonds. The van der Waals surface area contributed by atoms with Crippen molar-refractivity contribution in [3.05, 3.63) is 23.1 Å². The van der Waals surface area contributed by atoms with Crippen molar-refractivity contribution in [2.75, 3.05) is 11.1 Å². The Morgan fingerprint density at radius 3 is 2.76 bits per heavy atom. The van der Waals surface area contributed by atoms with E-state index in [1.807, 2.05) is 13.8 Å². The summed E-state index contributed by atoms with van der Waals surface area (Å²) < 4.78 is 5.37. The molecule has 0 aromatic carbocycles. The summed E-state index contributed by atoms with van der Waals surface area (Å²) >= 11 is 5.66. The summed E-state index contributed by atoms with van der Waals surface area (Å²) in [5.41, 5.74) is 5.45. The molecule has 2 rings (SSSR count). The number of hydrogen-bond donors (Lipinski definition) is 2. The van der Waals surface area contributed by atoms with Gasteiger partial charge in [0.15, 0.2) is 0 Å². The van der Waals surface area contributed by atoms with Crippen molar-refractivity contribution in [3.63, 3.8) is 0 Å². The van der Waals surface area contributed by atoms with E-state index in [4.69, 9.17) is 21.8 Å². The fourth-order valence-corrected chi connectivity index (χ4v) is 1.42. The second-order valence-corrected chi connectivity index (χ2v) is 3.80. The largest absolute Gasteiger partial charge is 0.444 e. The van der Waals surface area contributed by atoms with Gasteiger partial charge in [-0.3, -0.25) is 0 Å². The number of aromatic nitrogens is 4. The third-order valence-electron chi connectivity index (χ3n) is 1.98. The average molecular weight is 255 g/mol. The second-order valence-electron chi connectivity index (χ2n) is 3.46. The van der Waals surface area contributed by atoms with Crippen molar-refractivity contribution in [2.24, 2.45) is 0 Å². The van der Waals surface area contributed by atoms with Crippen LogP contribution >= 0.6 is 11.6 Å². The molecule has 0 aliphatic rings. The summed E-state index contributed by atoms with van der Waals surface area (Å²) in [4.78, 5) is 15.5. The molecule has 0 aliphatic carbocycles. The third-order valence-corrected chi connectivity index (χ3v) is 2.15. The fraction of sp³-hybridized carbons (Fsp3) is 0.333. The molecule has 3 N–H and O–H groups in total. The number of anilines is 2. The number of nitrogens with two attached hydrogens (primary N) is 1. The Morgan fingerprint density at radius 1 is 1.41 bits per heavy atom. The van der Waals surface area contributed by atoms with Gasteiger partial charge in [-0.05, 0) is 25.4 Å². The minimum absolute atomic E-state index is 0.0378. The van der Waals surface area contributed by atoms with Gasteiger partial charge in [-0.15, -0.1) is 0 Å². The molecule has 1 unspecified atom stereocenters. The van der Waals surface area contributed by atoms with Gasteiger partial charge in [0, 0.05) is 0 Å². The molecule has 2 aromatic rings. The van der Waals surface area contributed by atoms with E-state index in [9.17, 15) is 0 Å². The number of rotatable bonds is 3. The zero-order valence-corrected chi connectivity index (χ0v) is 10.1. The van der Waals surface area contributed by atoms with Crippen LogP contribution in [-0.4, -0.2) is 19.9 Å². The zero-order chi connectivity index (χ0) is 12.4. The van der Waals surface area contributed by atoms with E-state index in [0.29, 0.717) is 5.89 Å². The SMILES string of the molecule is Cc1cnc(C(C)Nc2nc(N)nc(Cl)n2)o1. The molecule has 0 aliphatic heterocycles. The highest BCUT2D eigenvalue weighted by Gasteiger charge is 2.13. The van der Waals surface area contributed by atoms with Gasteiger partial charge in [-0.25, -0.2) is 4.98 Å². The highest BCUT2D eigenvalue weighted by atomic mass is 35.5. The van der Waals surface area contributed by atoms with Gasteiger partial charge in [-0.1, -0.05) is 0 Å². The molecule has 1 atom stereocenters. The number of nitrogens with zero attached hydrogens (tertiary/aromatic N) is 4. The Morgan fingerprint density at radius 2 is 2.18 bits per heavy atom. The number of hydrogen-bond acceptors (Lipinski definition) is 7. The molecule has 0 saturated carbocycles. The molecule has 2 aromatic heterocycles. The molecule has 0 fully saturated rings. The predicted octanol–water partition coefficient (Wildman–Crippen LogP) is 1.58. The number of halogens is 1. The van der Waals surface area contributed by atoms with Crippen LogP contribution in [0.1, 0.15) is 24.6 Å². The smallest absolute Gasteiger partial charge is 0.229 e. The lowest BCUT2D eigenvalue weighted by Gasteiger charge is -2.10. The summed E-state index contributed by atoms with van der Waals surface area (Å²) in [6, 6.07) is -0.193. The first-order valence-corrected chi connectivity index (χ1v) is 5.28. The Kier molecular flexibility index (Phi) is 3.10. The lowest BCUT2D eigenvalue weighted by atomic mass is 10.3. The topological polar surface area (TPSA) is 103 Å². The zero-order valence-electron chi connectivity index (χ0n) is 9.31. The van der Waals surface area contributed by atoms with E-state index in [1.165, 1.54) is 0 Å². The van der Waals surface area contributed by atoms with Crippen molar-refractivity contribution in [2.45, 2.75) is 19.9 Å². The van der Waals surface area contributed by atoms with Gasteiger partial charge >= 0.3 is 0 Å². The van der Waals surface area contributed by atoms with Crippen molar-refractivity contribution < 1.29 is 4.42 Å². The third kappa shape index (κ3) is 2.82. The number of aryl methyl sites for hydroxylation is 1. The molecular formula is C9H11ClN6O. The van der Waals surface area contributed by atoms with Crippen LogP contribution in [0.5, 0.6) is 0 Å². The van der Waals surface area contributed by atoms with Crippen LogP contribution in [0, 0.1) is 6.92 Å². The summed E-state index contributed by atoms with van der Waals surface area (Å²) in [7, 11) is 0. The molecule has 2 heterocycles. The van der Waals surface area contributed by atoms with E-state index in [0.717, 1.165) is 5.76 Å². The van der Waals surface area contributed by atoms with Crippen LogP contribution in [-0.2, 0) is 0 Å². The first-order valence-electron chi connectivity index (χ1n) is 4.90. The minimum atomic E-state index is -0.193. The maximum atomic E-state index is 5.66. The van der Waals surface area contributed by atoms with Crippen molar-refractivity contribution in [3.8, 4) is 0 Å². The molecule has 0 saturated heterocycles. The van der Waals surface area contributed by atoms with E-state index in [-0.39, 0.29) is 23.2 Å². The average Bonchev–Trinajstić information content (AvgIpc) is 2.63. The van der Waals surface area contributed by atoms with E-state index >= 15 is 0 Å². The molecule has 8 heteroatoms. The maximum absolute atomic E-state index is 5.66. The highest BCUT2D eigenvalue weighted by molar-refractivity contribution is 6.28. The van der Waals surface area contributed by atoms with Gasteiger partial charge in [0.05, 0.1) is 6.20 Å². The van der Waals surface area contributed by atoms with E-state index in [1.54, 1.807) is 6.20 Å². The molecule has 0 spiro atoms. The maximum Gasteiger partial charge on any atom is 0.229 e. The summed E-state index contributed by atoms with van der Waals surface area (Å²) in [5.74, 6) is 1.62. The normalized spacial score (nSPS) is 12.4. The van der Waals surface area contributed by atoms with Crippen LogP contribution < -0.4 is 11.1 Å². The number of nitrogen functional groups attached to an aromatic ring is 1. The van der Waals surface area contributed by atoms with Crippen LogP contribution in [0.25, 0.3) is 0 Å². The van der Waals surface area contributed by atoms with Crippen LogP contribution in [0.3, 0.4) is 0 Å². The predicted molar refractivity (Wildman–Crippen MR) is 62.5 cm³/mol. The molecule has 17 heavy (non-hydrogen) atoms. The lowest BCUT2D eigenvalue weighted by Crippen LogP contribution is -2.11. The molecule has 90 valence electrons. The quantitative estimate of drug-likeness (QED) is 0.857. The molecule has 0 radical (unpaired) electrons. The lowest BCUT2D eigenvalue weighted by molar-refractivity contribution is 0.453. The van der Waals surface area contributed by atoms with Gasteiger partial charge in [0.25, 0.3) is 0 Å². The van der Waals surface area contributed by atoms with Crippen LogP contribution in [0.2, 0.25) is 5.28 Å². The summed E-state index contributed by atoms with van der Waals surface area (Å²) in [6.45, 7) is 3.68. The molecular weight excluding hydrogens is 244 g/mol. The molecule has 7 nitrogen and oxygen atoms in total. The number of nitrogens with one attached hydrogen (secondary N) is 1. The van der Waals surface area contributed by atoms with Crippen molar-refractivity contribution >= 4 is 23.5 Å². The second kappa shape index (κ2) is 4.54. The Hall–Kier alpha value is -1.89. The van der Waals surface area contributed by atoms with E-state index in [2.05, 4.69) is 25.3 Å². The first-order chi connectivity index (χ1) is 8.04. The number of oxazole rings is 1. The van der Waals surface area contributed by atoms with Gasteiger partial charge in [0.2, 0.25) is 23.1 Å².